The first-order valence-corrected chi connectivity index (χ1v) is 7.58. The maximum atomic E-state index is 6.00. The molecule has 0 amide bonds. The van der Waals surface area contributed by atoms with Gasteiger partial charge in [-0.2, -0.15) is 4.98 Å². The molecular weight excluding hydrogens is 268 g/mol. The Morgan fingerprint density at radius 2 is 2.17 bits per heavy atom. The van der Waals surface area contributed by atoms with Gasteiger partial charge in [0.2, 0.25) is 11.2 Å². The minimum absolute atomic E-state index is 0.278. The highest BCUT2D eigenvalue weighted by Crippen LogP contribution is 2.33. The first kappa shape index (κ1) is 12.2. The van der Waals surface area contributed by atoms with Crippen LogP contribution in [0.15, 0.2) is 6.07 Å². The number of aromatic nitrogens is 2. The molecule has 0 saturated heterocycles. The van der Waals surface area contributed by atoms with Gasteiger partial charge in [0.05, 0.1) is 5.39 Å². The van der Waals surface area contributed by atoms with Crippen LogP contribution in [0.3, 0.4) is 0 Å². The highest BCUT2D eigenvalue weighted by atomic mass is 35.5. The van der Waals surface area contributed by atoms with Crippen LogP contribution in [0, 0.1) is 0 Å². The van der Waals surface area contributed by atoms with E-state index in [9.17, 15) is 0 Å². The van der Waals surface area contributed by atoms with E-state index in [4.69, 9.17) is 16.3 Å². The van der Waals surface area contributed by atoms with Crippen LogP contribution in [0.25, 0.3) is 10.2 Å². The minimum Gasteiger partial charge on any atom is -0.474 e. The van der Waals surface area contributed by atoms with E-state index < -0.39 is 0 Å². The number of nitrogens with zero attached hydrogens (tertiary/aromatic N) is 2. The zero-order valence-electron chi connectivity index (χ0n) is 10.3. The predicted octanol–water partition coefficient (Wildman–Crippen LogP) is 4.23. The van der Waals surface area contributed by atoms with Crippen molar-refractivity contribution in [1.29, 1.82) is 0 Å². The fourth-order valence-electron chi connectivity index (χ4n) is 2.35. The van der Waals surface area contributed by atoms with Crippen LogP contribution < -0.4 is 4.74 Å². The first-order valence-electron chi connectivity index (χ1n) is 6.39. The van der Waals surface area contributed by atoms with Crippen molar-refractivity contribution in [2.24, 2.45) is 0 Å². The Morgan fingerprint density at radius 3 is 2.89 bits per heavy atom. The molecule has 0 spiro atoms. The second kappa shape index (κ2) is 5.02. The third-order valence-corrected chi connectivity index (χ3v) is 4.65. The molecule has 18 heavy (non-hydrogen) atoms. The number of thiophene rings is 1. The number of ether oxygens (including phenoxy) is 1. The van der Waals surface area contributed by atoms with Crippen molar-refractivity contribution in [2.45, 2.75) is 45.1 Å². The third-order valence-electron chi connectivity index (χ3n) is 3.31. The summed E-state index contributed by atoms with van der Waals surface area (Å²) in [6, 6.07) is 2.13. The van der Waals surface area contributed by atoms with Gasteiger partial charge in [-0.25, -0.2) is 4.98 Å². The van der Waals surface area contributed by atoms with E-state index in [2.05, 4.69) is 23.0 Å². The quantitative estimate of drug-likeness (QED) is 0.790. The predicted molar refractivity (Wildman–Crippen MR) is 74.7 cm³/mol. The Labute approximate surface area is 115 Å². The molecule has 0 radical (unpaired) electrons. The largest absolute Gasteiger partial charge is 0.474 e. The van der Waals surface area contributed by atoms with Gasteiger partial charge in [0, 0.05) is 4.88 Å². The van der Waals surface area contributed by atoms with Crippen molar-refractivity contribution in [1.82, 2.24) is 9.97 Å². The van der Waals surface area contributed by atoms with E-state index in [1.54, 1.807) is 11.3 Å². The molecule has 1 fully saturated rings. The summed E-state index contributed by atoms with van der Waals surface area (Å²) >= 11 is 7.63. The molecule has 3 nitrogen and oxygen atoms in total. The lowest BCUT2D eigenvalue weighted by Gasteiger charge is -2.12. The molecule has 0 aromatic carbocycles. The molecule has 0 aliphatic heterocycles. The molecule has 1 saturated carbocycles. The van der Waals surface area contributed by atoms with Crippen molar-refractivity contribution < 1.29 is 4.74 Å². The number of fused-ring (bicyclic) bond motifs is 1. The van der Waals surface area contributed by atoms with E-state index in [1.165, 1.54) is 17.7 Å². The average molecular weight is 283 g/mol. The number of hydrogen-bond acceptors (Lipinski definition) is 4. The molecular formula is C13H15ClN2OS. The van der Waals surface area contributed by atoms with Gasteiger partial charge in [-0.1, -0.05) is 6.92 Å². The van der Waals surface area contributed by atoms with Crippen LogP contribution in [0.5, 0.6) is 5.88 Å². The van der Waals surface area contributed by atoms with Crippen molar-refractivity contribution in [2.75, 3.05) is 0 Å². The van der Waals surface area contributed by atoms with Crippen LogP contribution in [-0.4, -0.2) is 16.1 Å². The second-order valence-corrected chi connectivity index (χ2v) is 6.06. The molecule has 1 aliphatic carbocycles. The van der Waals surface area contributed by atoms with Gasteiger partial charge in [0.15, 0.2) is 0 Å². The van der Waals surface area contributed by atoms with E-state index in [0.29, 0.717) is 12.0 Å². The molecule has 1 aliphatic rings. The van der Waals surface area contributed by atoms with Gasteiger partial charge < -0.3 is 4.74 Å². The van der Waals surface area contributed by atoms with Crippen LogP contribution in [0.1, 0.15) is 37.5 Å². The van der Waals surface area contributed by atoms with Crippen molar-refractivity contribution in [3.63, 3.8) is 0 Å². The van der Waals surface area contributed by atoms with E-state index in [-0.39, 0.29) is 5.28 Å². The smallest absolute Gasteiger partial charge is 0.227 e. The summed E-state index contributed by atoms with van der Waals surface area (Å²) in [5, 5.41) is 1.29. The summed E-state index contributed by atoms with van der Waals surface area (Å²) in [6.07, 6.45) is 6.03. The van der Waals surface area contributed by atoms with Crippen LogP contribution >= 0.6 is 22.9 Å². The molecule has 0 N–H and O–H groups in total. The lowest BCUT2D eigenvalue weighted by atomic mass is 10.3. The number of aryl methyl sites for hydroxylation is 1. The Hall–Kier alpha value is -0.870. The highest BCUT2D eigenvalue weighted by molar-refractivity contribution is 7.18. The first-order chi connectivity index (χ1) is 8.76. The summed E-state index contributed by atoms with van der Waals surface area (Å²) in [7, 11) is 0. The van der Waals surface area contributed by atoms with E-state index in [0.717, 1.165) is 29.5 Å². The molecule has 5 heteroatoms. The number of halogens is 1. The molecule has 3 rings (SSSR count). The number of rotatable bonds is 3. The zero-order valence-corrected chi connectivity index (χ0v) is 11.9. The second-order valence-electron chi connectivity index (χ2n) is 4.61. The fraction of sp³-hybridized carbons (Fsp3) is 0.538. The minimum atomic E-state index is 0.278. The molecule has 96 valence electrons. The highest BCUT2D eigenvalue weighted by Gasteiger charge is 2.20. The summed E-state index contributed by atoms with van der Waals surface area (Å²) < 4.78 is 6.00. The SMILES string of the molecule is CCc1cc2c(OC3CCCC3)nc(Cl)nc2s1. The van der Waals surface area contributed by atoms with Crippen LogP contribution in [0.2, 0.25) is 5.28 Å². The molecule has 2 aromatic rings. The van der Waals surface area contributed by atoms with Crippen LogP contribution in [-0.2, 0) is 6.42 Å². The van der Waals surface area contributed by atoms with Gasteiger partial charge in [0.1, 0.15) is 10.9 Å². The van der Waals surface area contributed by atoms with Crippen molar-refractivity contribution in [3.05, 3.63) is 16.2 Å². The van der Waals surface area contributed by atoms with Crippen molar-refractivity contribution in [3.8, 4) is 5.88 Å². The Balaban J connectivity index is 2.00. The lowest BCUT2D eigenvalue weighted by molar-refractivity contribution is 0.204. The zero-order chi connectivity index (χ0) is 12.5. The average Bonchev–Trinajstić information content (AvgIpc) is 2.97. The molecule has 2 aromatic heterocycles. The topological polar surface area (TPSA) is 35.0 Å². The maximum absolute atomic E-state index is 6.00. The van der Waals surface area contributed by atoms with Gasteiger partial charge >= 0.3 is 0 Å². The third kappa shape index (κ3) is 2.31. The summed E-state index contributed by atoms with van der Waals surface area (Å²) in [5.41, 5.74) is 0. The van der Waals surface area contributed by atoms with Gasteiger partial charge in [-0.05, 0) is 49.8 Å². The molecule has 0 atom stereocenters. The Bertz CT molecular complexity index is 563. The van der Waals surface area contributed by atoms with Crippen molar-refractivity contribution >= 4 is 33.2 Å². The summed E-state index contributed by atoms with van der Waals surface area (Å²) in [4.78, 5) is 10.7. The molecule has 0 unspecified atom stereocenters. The van der Waals surface area contributed by atoms with E-state index in [1.807, 2.05) is 0 Å². The fourth-order valence-corrected chi connectivity index (χ4v) is 3.52. The monoisotopic (exact) mass is 282 g/mol. The molecule has 0 bridgehead atoms. The molecule has 2 heterocycles. The Kier molecular flexibility index (Phi) is 3.39. The van der Waals surface area contributed by atoms with Gasteiger partial charge in [-0.3, -0.25) is 0 Å². The van der Waals surface area contributed by atoms with Gasteiger partial charge in [0.25, 0.3) is 0 Å². The van der Waals surface area contributed by atoms with Crippen LogP contribution in [0.4, 0.5) is 0 Å². The van der Waals surface area contributed by atoms with Gasteiger partial charge in [-0.15, -0.1) is 11.3 Å². The maximum Gasteiger partial charge on any atom is 0.227 e. The lowest BCUT2D eigenvalue weighted by Crippen LogP contribution is -2.12. The Morgan fingerprint density at radius 1 is 1.39 bits per heavy atom. The standard InChI is InChI=1S/C13H15ClN2OS/c1-2-9-7-10-11(17-8-5-3-4-6-8)15-13(14)16-12(10)18-9/h7-8H,2-6H2,1H3. The van der Waals surface area contributed by atoms with E-state index >= 15 is 0 Å². The normalized spacial score (nSPS) is 16.6. The summed E-state index contributed by atoms with van der Waals surface area (Å²) in [5.74, 6) is 0.660. The number of hydrogen-bond donors (Lipinski definition) is 0. The summed E-state index contributed by atoms with van der Waals surface area (Å²) in [6.45, 7) is 2.14.